The molecule has 0 radical (unpaired) electrons. The van der Waals surface area contributed by atoms with Crippen molar-refractivity contribution in [3.63, 3.8) is 0 Å². The van der Waals surface area contributed by atoms with Crippen LogP contribution in [0.3, 0.4) is 0 Å². The minimum absolute atomic E-state index is 0.0641. The van der Waals surface area contributed by atoms with Crippen LogP contribution >= 0.6 is 0 Å². The summed E-state index contributed by atoms with van der Waals surface area (Å²) in [6.07, 6.45) is 6.72. The topological polar surface area (TPSA) is 54.3 Å². The quantitative estimate of drug-likeness (QED) is 0.780. The fourth-order valence-electron chi connectivity index (χ4n) is 1.99. The molecule has 0 bridgehead atoms. The lowest BCUT2D eigenvalue weighted by atomic mass is 9.90. The lowest BCUT2D eigenvalue weighted by Crippen LogP contribution is -2.51. The van der Waals surface area contributed by atoms with Gasteiger partial charge in [-0.2, -0.15) is 0 Å². The zero-order chi connectivity index (χ0) is 12.1. The minimum Gasteiger partial charge on any atom is -0.465 e. The van der Waals surface area contributed by atoms with Gasteiger partial charge in [-0.25, -0.2) is 0 Å². The van der Waals surface area contributed by atoms with Gasteiger partial charge in [-0.1, -0.05) is 0 Å². The molecular weight excluding hydrogens is 216 g/mol. The van der Waals surface area contributed by atoms with Gasteiger partial charge in [0.25, 0.3) is 0 Å². The maximum atomic E-state index is 11.8. The number of carbonyl (C=O) groups excluding carboxylic acids is 1. The molecule has 1 aromatic heterocycles. The predicted octanol–water partition coefficient (Wildman–Crippen LogP) is 1.55. The molecule has 0 aliphatic carbocycles. The molecule has 1 aromatic rings. The third kappa shape index (κ3) is 3.46. The molecule has 0 saturated carbocycles. The Balaban J connectivity index is 1.88. The van der Waals surface area contributed by atoms with Gasteiger partial charge >= 0.3 is 0 Å². The Morgan fingerprint density at radius 1 is 1.53 bits per heavy atom. The van der Waals surface area contributed by atoms with E-state index in [0.717, 1.165) is 25.9 Å². The summed E-state index contributed by atoms with van der Waals surface area (Å²) in [6, 6.07) is 3.61. The lowest BCUT2D eigenvalue weighted by molar-refractivity contribution is -0.118. The number of furan rings is 1. The molecule has 0 spiro atoms. The highest BCUT2D eigenvalue weighted by Crippen LogP contribution is 2.16. The van der Waals surface area contributed by atoms with E-state index in [2.05, 4.69) is 17.6 Å². The number of carbonyl (C=O) groups is 1. The first kappa shape index (κ1) is 11.9. The van der Waals surface area contributed by atoms with Crippen LogP contribution in [0, 0.1) is 0 Å². The molecule has 2 heterocycles. The van der Waals surface area contributed by atoms with Crippen molar-refractivity contribution in [1.29, 1.82) is 0 Å². The second-order valence-electron chi connectivity index (χ2n) is 4.65. The van der Waals surface area contributed by atoms with Gasteiger partial charge in [0.1, 0.15) is 5.76 Å². The van der Waals surface area contributed by atoms with E-state index >= 15 is 0 Å². The van der Waals surface area contributed by atoms with Crippen molar-refractivity contribution in [2.45, 2.75) is 25.3 Å². The molecule has 4 nitrogen and oxygen atoms in total. The highest BCUT2D eigenvalue weighted by atomic mass is 16.3. The van der Waals surface area contributed by atoms with Crippen LogP contribution in [0.15, 0.2) is 28.9 Å². The summed E-state index contributed by atoms with van der Waals surface area (Å²) in [5, 5.41) is 6.33. The summed E-state index contributed by atoms with van der Waals surface area (Å²) >= 11 is 0. The van der Waals surface area contributed by atoms with Gasteiger partial charge in [0.15, 0.2) is 0 Å². The Morgan fingerprint density at radius 3 is 2.94 bits per heavy atom. The van der Waals surface area contributed by atoms with Gasteiger partial charge in [-0.15, -0.1) is 0 Å². The van der Waals surface area contributed by atoms with Crippen molar-refractivity contribution in [3.8, 4) is 0 Å². The number of piperidine rings is 1. The molecule has 2 N–H and O–H groups in total. The number of amides is 1. The molecule has 0 aromatic carbocycles. The van der Waals surface area contributed by atoms with Crippen LogP contribution in [0.25, 0.3) is 6.08 Å². The average molecular weight is 234 g/mol. The summed E-state index contributed by atoms with van der Waals surface area (Å²) in [7, 11) is 0. The van der Waals surface area contributed by atoms with E-state index in [0.29, 0.717) is 5.76 Å². The highest BCUT2D eigenvalue weighted by Gasteiger charge is 2.27. The second kappa shape index (κ2) is 5.19. The zero-order valence-corrected chi connectivity index (χ0v) is 10.0. The monoisotopic (exact) mass is 234 g/mol. The van der Waals surface area contributed by atoms with Gasteiger partial charge in [-0.3, -0.25) is 4.79 Å². The van der Waals surface area contributed by atoms with Gasteiger partial charge in [0, 0.05) is 11.6 Å². The van der Waals surface area contributed by atoms with Crippen LogP contribution < -0.4 is 10.6 Å². The molecule has 4 heteroatoms. The summed E-state index contributed by atoms with van der Waals surface area (Å²) in [5.74, 6) is 0.626. The summed E-state index contributed by atoms with van der Waals surface area (Å²) in [5.41, 5.74) is -0.0875. The van der Waals surface area contributed by atoms with Crippen LogP contribution in [0.5, 0.6) is 0 Å². The number of nitrogens with one attached hydrogen (secondary N) is 2. The van der Waals surface area contributed by atoms with E-state index in [-0.39, 0.29) is 11.4 Å². The molecule has 1 aliphatic rings. The molecule has 1 amide bonds. The standard InChI is InChI=1S/C13H18N2O2/c1-13(6-8-14-9-7-13)15-12(16)5-4-11-3-2-10-17-11/h2-5,10,14H,6-9H2,1H3,(H,15,16)/b5-4+. The van der Waals surface area contributed by atoms with E-state index in [1.165, 1.54) is 6.08 Å². The first-order valence-corrected chi connectivity index (χ1v) is 5.92. The fourth-order valence-corrected chi connectivity index (χ4v) is 1.99. The van der Waals surface area contributed by atoms with Crippen molar-refractivity contribution in [2.75, 3.05) is 13.1 Å². The normalized spacial score (nSPS) is 19.4. The third-order valence-corrected chi connectivity index (χ3v) is 3.07. The van der Waals surface area contributed by atoms with Gasteiger partial charge in [-0.05, 0) is 51.1 Å². The smallest absolute Gasteiger partial charge is 0.244 e. The maximum Gasteiger partial charge on any atom is 0.244 e. The van der Waals surface area contributed by atoms with E-state index in [1.54, 1.807) is 18.4 Å². The van der Waals surface area contributed by atoms with E-state index in [9.17, 15) is 4.79 Å². The molecule has 92 valence electrons. The van der Waals surface area contributed by atoms with Crippen molar-refractivity contribution >= 4 is 12.0 Å². The first-order valence-electron chi connectivity index (χ1n) is 5.92. The van der Waals surface area contributed by atoms with Gasteiger partial charge in [0.2, 0.25) is 5.91 Å². The molecule has 0 unspecified atom stereocenters. The van der Waals surface area contributed by atoms with Gasteiger partial charge < -0.3 is 15.1 Å². The average Bonchev–Trinajstić information content (AvgIpc) is 2.79. The molecule has 2 rings (SSSR count). The highest BCUT2D eigenvalue weighted by molar-refractivity contribution is 5.91. The summed E-state index contributed by atoms with van der Waals surface area (Å²) in [4.78, 5) is 11.8. The molecule has 1 saturated heterocycles. The van der Waals surface area contributed by atoms with Crippen LogP contribution in [-0.2, 0) is 4.79 Å². The van der Waals surface area contributed by atoms with Gasteiger partial charge in [0.05, 0.1) is 6.26 Å². The number of hydrogen-bond donors (Lipinski definition) is 2. The number of rotatable bonds is 3. The van der Waals surface area contributed by atoms with Crippen LogP contribution in [-0.4, -0.2) is 24.5 Å². The Morgan fingerprint density at radius 2 is 2.29 bits per heavy atom. The fraction of sp³-hybridized carbons (Fsp3) is 0.462. The van der Waals surface area contributed by atoms with Crippen molar-refractivity contribution in [3.05, 3.63) is 30.2 Å². The van der Waals surface area contributed by atoms with Crippen molar-refractivity contribution < 1.29 is 9.21 Å². The van der Waals surface area contributed by atoms with Crippen LogP contribution in [0.1, 0.15) is 25.5 Å². The van der Waals surface area contributed by atoms with Crippen LogP contribution in [0.4, 0.5) is 0 Å². The first-order chi connectivity index (χ1) is 8.18. The Kier molecular flexibility index (Phi) is 3.64. The van der Waals surface area contributed by atoms with E-state index in [4.69, 9.17) is 4.42 Å². The van der Waals surface area contributed by atoms with Crippen molar-refractivity contribution in [1.82, 2.24) is 10.6 Å². The van der Waals surface area contributed by atoms with Crippen LogP contribution in [0.2, 0.25) is 0 Å². The summed E-state index contributed by atoms with van der Waals surface area (Å²) < 4.78 is 5.12. The molecular formula is C13H18N2O2. The SMILES string of the molecule is CC1(NC(=O)/C=C/c2ccco2)CCNCC1. The van der Waals surface area contributed by atoms with E-state index in [1.807, 2.05) is 6.07 Å². The third-order valence-electron chi connectivity index (χ3n) is 3.07. The minimum atomic E-state index is -0.0875. The second-order valence-corrected chi connectivity index (χ2v) is 4.65. The largest absolute Gasteiger partial charge is 0.465 e. The molecule has 1 aliphatic heterocycles. The Bertz CT molecular complexity index is 390. The van der Waals surface area contributed by atoms with E-state index < -0.39 is 0 Å². The molecule has 17 heavy (non-hydrogen) atoms. The van der Waals surface area contributed by atoms with Crippen molar-refractivity contribution in [2.24, 2.45) is 0 Å². The zero-order valence-electron chi connectivity index (χ0n) is 10.0. The molecule has 0 atom stereocenters. The summed E-state index contributed by atoms with van der Waals surface area (Å²) in [6.45, 7) is 4.00. The predicted molar refractivity (Wildman–Crippen MR) is 66.4 cm³/mol. The molecule has 1 fully saturated rings. The Hall–Kier alpha value is -1.55. The lowest BCUT2D eigenvalue weighted by Gasteiger charge is -2.34. The Labute approximate surface area is 101 Å². The maximum absolute atomic E-state index is 11.8. The number of hydrogen-bond acceptors (Lipinski definition) is 3.